The molecule has 0 aliphatic heterocycles. The molecule has 5 nitrogen and oxygen atoms in total. The van der Waals surface area contributed by atoms with Crippen LogP contribution in [0.25, 0.3) is 0 Å². The number of carbonyl (C=O) groups excluding carboxylic acids is 2. The molecule has 0 fully saturated rings. The van der Waals surface area contributed by atoms with Gasteiger partial charge in [0.15, 0.2) is 0 Å². The van der Waals surface area contributed by atoms with E-state index in [1.54, 1.807) is 6.92 Å². The number of esters is 1. The lowest BCUT2D eigenvalue weighted by molar-refractivity contribution is -0.151. The molecule has 0 bridgehead atoms. The molecule has 0 spiro atoms. The van der Waals surface area contributed by atoms with Gasteiger partial charge in [0.2, 0.25) is 11.4 Å². The minimum absolute atomic E-state index is 0.109. The highest BCUT2D eigenvalue weighted by Gasteiger charge is 2.50. The number of rotatable bonds is 6. The predicted octanol–water partition coefficient (Wildman–Crippen LogP) is 2.78. The van der Waals surface area contributed by atoms with Crippen LogP contribution in [0.3, 0.4) is 0 Å². The molecule has 1 unspecified atom stereocenters. The van der Waals surface area contributed by atoms with Crippen LogP contribution in [0.4, 0.5) is 0 Å². The molecule has 0 aliphatic rings. The summed E-state index contributed by atoms with van der Waals surface area (Å²) in [5, 5.41) is 12.5. The molecule has 128 valence electrons. The van der Waals surface area contributed by atoms with Crippen molar-refractivity contribution in [3.05, 3.63) is 71.8 Å². The zero-order valence-corrected chi connectivity index (χ0v) is 14.2. The highest BCUT2D eigenvalue weighted by molar-refractivity contribution is 5.92. The zero-order chi connectivity index (χ0) is 18.3. The molecule has 5 heteroatoms. The fourth-order valence-corrected chi connectivity index (χ4v) is 2.89. The lowest BCUT2D eigenvalue weighted by atomic mass is 9.75. The minimum atomic E-state index is -1.86. The number of hydrogen-bond donors (Lipinski definition) is 1. The summed E-state index contributed by atoms with van der Waals surface area (Å²) in [6.07, 6.45) is 0. The first-order valence-electron chi connectivity index (χ1n) is 8.02. The molecule has 2 rings (SSSR count). The van der Waals surface area contributed by atoms with E-state index in [0.717, 1.165) is 11.1 Å². The molecule has 0 radical (unpaired) electrons. The van der Waals surface area contributed by atoms with Crippen LogP contribution in [-0.2, 0) is 14.3 Å². The highest BCUT2D eigenvalue weighted by atomic mass is 16.5. The lowest BCUT2D eigenvalue weighted by Gasteiger charge is -2.34. The van der Waals surface area contributed by atoms with E-state index in [-0.39, 0.29) is 6.61 Å². The second-order valence-corrected chi connectivity index (χ2v) is 5.58. The van der Waals surface area contributed by atoms with Gasteiger partial charge in [0.05, 0.1) is 12.5 Å². The Morgan fingerprint density at radius 3 is 1.92 bits per heavy atom. The number of amides is 1. The maximum atomic E-state index is 12.8. The van der Waals surface area contributed by atoms with E-state index < -0.39 is 23.3 Å². The van der Waals surface area contributed by atoms with Crippen molar-refractivity contribution in [2.24, 2.45) is 0 Å². The maximum absolute atomic E-state index is 12.8. The van der Waals surface area contributed by atoms with Gasteiger partial charge in [-0.2, -0.15) is 5.26 Å². The van der Waals surface area contributed by atoms with Crippen molar-refractivity contribution in [1.29, 1.82) is 5.26 Å². The van der Waals surface area contributed by atoms with Crippen molar-refractivity contribution in [3.8, 4) is 6.07 Å². The van der Waals surface area contributed by atoms with Crippen LogP contribution in [-0.4, -0.2) is 24.0 Å². The lowest BCUT2D eigenvalue weighted by Crippen LogP contribution is -2.58. The van der Waals surface area contributed by atoms with E-state index in [4.69, 9.17) is 4.74 Å². The molecule has 0 aliphatic carbocycles. The molecule has 2 aromatic carbocycles. The quantitative estimate of drug-likeness (QED) is 0.823. The fourth-order valence-electron chi connectivity index (χ4n) is 2.89. The minimum Gasteiger partial charge on any atom is -0.463 e. The average Bonchev–Trinajstić information content (AvgIpc) is 2.62. The molecule has 1 amide bonds. The number of benzene rings is 2. The first-order chi connectivity index (χ1) is 12.0. The van der Waals surface area contributed by atoms with Gasteiger partial charge < -0.3 is 10.1 Å². The zero-order valence-electron chi connectivity index (χ0n) is 14.2. The molecule has 0 aromatic heterocycles. The number of carbonyl (C=O) groups is 2. The van der Waals surface area contributed by atoms with Gasteiger partial charge in [-0.3, -0.25) is 4.79 Å². The second kappa shape index (κ2) is 8.11. The highest BCUT2D eigenvalue weighted by Crippen LogP contribution is 2.36. The van der Waals surface area contributed by atoms with Crippen molar-refractivity contribution >= 4 is 11.9 Å². The van der Waals surface area contributed by atoms with Crippen LogP contribution in [0.5, 0.6) is 0 Å². The van der Waals surface area contributed by atoms with Gasteiger partial charge in [-0.25, -0.2) is 4.79 Å². The molecule has 0 heterocycles. The molecule has 1 N–H and O–H groups in total. The molecule has 25 heavy (non-hydrogen) atoms. The Morgan fingerprint density at radius 2 is 1.56 bits per heavy atom. The Balaban J connectivity index is 2.71. The molecule has 1 atom stereocenters. The normalized spacial score (nSPS) is 12.7. The predicted molar refractivity (Wildman–Crippen MR) is 93.5 cm³/mol. The largest absolute Gasteiger partial charge is 0.463 e. The summed E-state index contributed by atoms with van der Waals surface area (Å²) in [5.41, 5.74) is -0.390. The molecule has 0 saturated heterocycles. The van der Waals surface area contributed by atoms with E-state index in [1.807, 2.05) is 66.7 Å². The summed E-state index contributed by atoms with van der Waals surface area (Å²) in [6, 6.07) is 20.3. The van der Waals surface area contributed by atoms with Gasteiger partial charge in [-0.1, -0.05) is 60.7 Å². The summed E-state index contributed by atoms with van der Waals surface area (Å²) in [4.78, 5) is 24.6. The first-order valence-corrected chi connectivity index (χ1v) is 8.02. The third-order valence-corrected chi connectivity index (χ3v) is 3.85. The van der Waals surface area contributed by atoms with E-state index in [2.05, 4.69) is 5.32 Å². The summed E-state index contributed by atoms with van der Waals surface area (Å²) in [7, 11) is 0. The topological polar surface area (TPSA) is 79.2 Å². The summed E-state index contributed by atoms with van der Waals surface area (Å²) in [5.74, 6) is -1.96. The van der Waals surface area contributed by atoms with Crippen LogP contribution in [0, 0.1) is 11.3 Å². The fraction of sp³-hybridized carbons (Fsp3) is 0.250. The van der Waals surface area contributed by atoms with Crippen molar-refractivity contribution in [3.63, 3.8) is 0 Å². The Labute approximate surface area is 147 Å². The van der Waals surface area contributed by atoms with Crippen LogP contribution in [0.15, 0.2) is 60.7 Å². The Morgan fingerprint density at radius 1 is 1.08 bits per heavy atom. The van der Waals surface area contributed by atoms with Gasteiger partial charge in [0.25, 0.3) is 0 Å². The van der Waals surface area contributed by atoms with E-state index in [1.165, 1.54) is 6.92 Å². The van der Waals surface area contributed by atoms with Crippen LogP contribution < -0.4 is 5.32 Å². The maximum Gasteiger partial charge on any atom is 0.347 e. The van der Waals surface area contributed by atoms with Gasteiger partial charge in [0.1, 0.15) is 6.07 Å². The number of ether oxygens (including phenoxy) is 1. The van der Waals surface area contributed by atoms with Gasteiger partial charge >= 0.3 is 5.97 Å². The van der Waals surface area contributed by atoms with E-state index in [0.29, 0.717) is 0 Å². The second-order valence-electron chi connectivity index (χ2n) is 5.58. The number of hydrogen-bond acceptors (Lipinski definition) is 4. The third kappa shape index (κ3) is 3.86. The number of nitrogens with one attached hydrogen (secondary N) is 1. The standard InChI is InChI=1S/C20H20N2O3/c1-3-25-19(24)20(14-21,22-15(2)23)18(16-10-6-4-7-11-16)17-12-8-5-9-13-17/h4-13,18H,3H2,1-2H3,(H,22,23). The van der Waals surface area contributed by atoms with Crippen molar-refractivity contribution in [2.75, 3.05) is 6.61 Å². The number of nitrogens with zero attached hydrogens (tertiary/aromatic N) is 1. The van der Waals surface area contributed by atoms with E-state index in [9.17, 15) is 14.9 Å². The first kappa shape index (κ1) is 18.2. The summed E-state index contributed by atoms with van der Waals surface area (Å²) >= 11 is 0. The van der Waals surface area contributed by atoms with Gasteiger partial charge in [0, 0.05) is 6.92 Å². The van der Waals surface area contributed by atoms with E-state index >= 15 is 0 Å². The van der Waals surface area contributed by atoms with Crippen LogP contribution in [0.2, 0.25) is 0 Å². The number of nitriles is 1. The van der Waals surface area contributed by atoms with Crippen LogP contribution >= 0.6 is 0 Å². The average molecular weight is 336 g/mol. The third-order valence-electron chi connectivity index (χ3n) is 3.85. The van der Waals surface area contributed by atoms with Gasteiger partial charge in [-0.15, -0.1) is 0 Å². The summed E-state index contributed by atoms with van der Waals surface area (Å²) in [6.45, 7) is 3.05. The smallest absolute Gasteiger partial charge is 0.347 e. The van der Waals surface area contributed by atoms with Crippen molar-refractivity contribution in [2.45, 2.75) is 25.3 Å². The van der Waals surface area contributed by atoms with Crippen LogP contribution in [0.1, 0.15) is 30.9 Å². The summed E-state index contributed by atoms with van der Waals surface area (Å²) < 4.78 is 5.15. The Bertz CT molecular complexity index is 729. The van der Waals surface area contributed by atoms with Crippen molar-refractivity contribution in [1.82, 2.24) is 5.32 Å². The van der Waals surface area contributed by atoms with Crippen molar-refractivity contribution < 1.29 is 14.3 Å². The molecule has 2 aromatic rings. The van der Waals surface area contributed by atoms with Gasteiger partial charge in [-0.05, 0) is 18.1 Å². The Hall–Kier alpha value is -3.13. The molecule has 0 saturated carbocycles. The molecular formula is C20H20N2O3. The monoisotopic (exact) mass is 336 g/mol. The SMILES string of the molecule is CCOC(=O)C(C#N)(NC(C)=O)C(c1ccccc1)c1ccccc1. The Kier molecular flexibility index (Phi) is 5.91. The molecular weight excluding hydrogens is 316 g/mol.